The molecular formula is C22H16N4O6. The van der Waals surface area contributed by atoms with E-state index in [1.54, 1.807) is 30.3 Å². The monoisotopic (exact) mass is 432 g/mol. The summed E-state index contributed by atoms with van der Waals surface area (Å²) in [6.45, 7) is 1.07. The molecule has 0 bridgehead atoms. The Labute approximate surface area is 179 Å². The van der Waals surface area contributed by atoms with Crippen molar-refractivity contribution in [1.82, 2.24) is 14.5 Å². The van der Waals surface area contributed by atoms with Crippen molar-refractivity contribution in [1.29, 1.82) is 0 Å². The summed E-state index contributed by atoms with van der Waals surface area (Å²) in [5.74, 6) is 1.23. The largest absolute Gasteiger partial charge is 0.486 e. The third-order valence-electron chi connectivity index (χ3n) is 5.22. The Kier molecular flexibility index (Phi) is 4.66. The second-order valence-electron chi connectivity index (χ2n) is 7.18. The lowest BCUT2D eigenvalue weighted by atomic mass is 10.0. The van der Waals surface area contributed by atoms with E-state index < -0.39 is 16.2 Å². The molecule has 0 unspecified atom stereocenters. The van der Waals surface area contributed by atoms with E-state index in [1.165, 1.54) is 22.9 Å². The van der Waals surface area contributed by atoms with Crippen molar-refractivity contribution in [3.8, 4) is 22.6 Å². The molecule has 5 rings (SSSR count). The summed E-state index contributed by atoms with van der Waals surface area (Å²) in [6.07, 6.45) is 1.50. The van der Waals surface area contributed by atoms with Gasteiger partial charge in [0.15, 0.2) is 11.5 Å². The SMILES string of the molecule is O=c1[nH]c(=O)n(Cc2ccc3c(c2)OCCO3)c2nccc(-c3ccc([N+](=O)[O-])cc3)c12. The van der Waals surface area contributed by atoms with Gasteiger partial charge in [-0.3, -0.25) is 24.5 Å². The number of hydrogen-bond donors (Lipinski definition) is 1. The summed E-state index contributed by atoms with van der Waals surface area (Å²) in [4.78, 5) is 42.5. The fraction of sp³-hybridized carbons (Fsp3) is 0.136. The van der Waals surface area contributed by atoms with Crippen LogP contribution in [0.5, 0.6) is 11.5 Å². The first-order valence-corrected chi connectivity index (χ1v) is 9.76. The van der Waals surface area contributed by atoms with Crippen LogP contribution in [0.3, 0.4) is 0 Å². The number of rotatable bonds is 4. The van der Waals surface area contributed by atoms with E-state index in [0.717, 1.165) is 5.56 Å². The number of aromatic nitrogens is 3. The minimum absolute atomic E-state index is 0.0588. The van der Waals surface area contributed by atoms with Gasteiger partial charge in [-0.05, 0) is 47.0 Å². The molecule has 0 radical (unpaired) electrons. The number of pyridine rings is 1. The van der Waals surface area contributed by atoms with Crippen molar-refractivity contribution < 1.29 is 14.4 Å². The molecule has 10 nitrogen and oxygen atoms in total. The van der Waals surface area contributed by atoms with Crippen LogP contribution in [0.1, 0.15) is 5.56 Å². The molecule has 1 N–H and O–H groups in total. The number of nitro groups is 1. The predicted molar refractivity (Wildman–Crippen MR) is 115 cm³/mol. The van der Waals surface area contributed by atoms with Crippen molar-refractivity contribution in [3.05, 3.63) is 91.2 Å². The highest BCUT2D eigenvalue weighted by atomic mass is 16.6. The zero-order valence-electron chi connectivity index (χ0n) is 16.6. The summed E-state index contributed by atoms with van der Waals surface area (Å²) < 4.78 is 12.5. The van der Waals surface area contributed by atoms with E-state index in [9.17, 15) is 19.7 Å². The standard InChI is InChI=1S/C22H16N4O6/c27-21-19-16(14-2-4-15(5-3-14)26(29)30)7-8-23-20(19)25(22(28)24-21)12-13-1-6-17-18(11-13)32-10-9-31-17/h1-8,11H,9-10,12H2,(H,24,27,28). The van der Waals surface area contributed by atoms with Gasteiger partial charge in [0.05, 0.1) is 16.9 Å². The molecule has 0 fully saturated rings. The quantitative estimate of drug-likeness (QED) is 0.387. The Morgan fingerprint density at radius 2 is 1.78 bits per heavy atom. The van der Waals surface area contributed by atoms with Crippen LogP contribution in [-0.2, 0) is 6.54 Å². The van der Waals surface area contributed by atoms with Crippen LogP contribution in [-0.4, -0.2) is 32.7 Å². The molecule has 160 valence electrons. The smallest absolute Gasteiger partial charge is 0.330 e. The summed E-state index contributed by atoms with van der Waals surface area (Å²) >= 11 is 0. The molecule has 1 aliphatic rings. The van der Waals surface area contributed by atoms with E-state index in [0.29, 0.717) is 35.8 Å². The molecular weight excluding hydrogens is 416 g/mol. The molecule has 0 spiro atoms. The van der Waals surface area contributed by atoms with E-state index in [1.807, 2.05) is 6.07 Å². The minimum Gasteiger partial charge on any atom is -0.486 e. The summed E-state index contributed by atoms with van der Waals surface area (Å²) in [7, 11) is 0. The number of benzene rings is 2. The molecule has 0 atom stereocenters. The number of nitrogens with one attached hydrogen (secondary N) is 1. The number of non-ortho nitro benzene ring substituents is 1. The highest BCUT2D eigenvalue weighted by Gasteiger charge is 2.17. The van der Waals surface area contributed by atoms with E-state index in [4.69, 9.17) is 9.47 Å². The lowest BCUT2D eigenvalue weighted by Crippen LogP contribution is -2.31. The van der Waals surface area contributed by atoms with Gasteiger partial charge in [-0.2, -0.15) is 0 Å². The Hall–Kier alpha value is -4.47. The molecule has 32 heavy (non-hydrogen) atoms. The van der Waals surface area contributed by atoms with Crippen LogP contribution in [0.4, 0.5) is 5.69 Å². The Balaban J connectivity index is 1.63. The van der Waals surface area contributed by atoms with Crippen LogP contribution in [0.15, 0.2) is 64.3 Å². The third kappa shape index (κ3) is 3.37. The Morgan fingerprint density at radius 3 is 2.53 bits per heavy atom. The minimum atomic E-state index is -0.592. The van der Waals surface area contributed by atoms with Gasteiger partial charge in [-0.1, -0.05) is 6.07 Å². The second kappa shape index (κ2) is 7.65. The molecule has 0 amide bonds. The molecule has 10 heteroatoms. The van der Waals surface area contributed by atoms with Crippen LogP contribution in [0.2, 0.25) is 0 Å². The van der Waals surface area contributed by atoms with Crippen molar-refractivity contribution in [2.45, 2.75) is 6.54 Å². The van der Waals surface area contributed by atoms with Crippen molar-refractivity contribution in [3.63, 3.8) is 0 Å². The van der Waals surface area contributed by atoms with Crippen LogP contribution >= 0.6 is 0 Å². The number of nitrogens with zero attached hydrogens (tertiary/aromatic N) is 3. The number of hydrogen-bond acceptors (Lipinski definition) is 7. The molecule has 0 aliphatic carbocycles. The Bertz CT molecular complexity index is 1470. The zero-order valence-corrected chi connectivity index (χ0v) is 16.6. The Morgan fingerprint density at radius 1 is 1.03 bits per heavy atom. The van der Waals surface area contributed by atoms with Crippen molar-refractivity contribution in [2.75, 3.05) is 13.2 Å². The van der Waals surface area contributed by atoms with Gasteiger partial charge < -0.3 is 9.47 Å². The maximum absolute atomic E-state index is 12.7. The molecule has 3 heterocycles. The van der Waals surface area contributed by atoms with Gasteiger partial charge in [0.2, 0.25) is 0 Å². The molecule has 0 saturated heterocycles. The van der Waals surface area contributed by atoms with Crippen molar-refractivity contribution >= 4 is 16.7 Å². The van der Waals surface area contributed by atoms with Gasteiger partial charge in [0.25, 0.3) is 11.2 Å². The fourth-order valence-corrected chi connectivity index (χ4v) is 3.72. The summed E-state index contributed by atoms with van der Waals surface area (Å²) in [5.41, 5.74) is 0.865. The average Bonchev–Trinajstić information content (AvgIpc) is 2.81. The predicted octanol–water partition coefficient (Wildman–Crippen LogP) is 2.48. The molecule has 1 aliphatic heterocycles. The van der Waals surface area contributed by atoms with Gasteiger partial charge in [0, 0.05) is 18.3 Å². The van der Waals surface area contributed by atoms with Crippen LogP contribution in [0.25, 0.3) is 22.2 Å². The average molecular weight is 432 g/mol. The molecule has 4 aromatic rings. The third-order valence-corrected chi connectivity index (χ3v) is 5.22. The van der Waals surface area contributed by atoms with Crippen molar-refractivity contribution in [2.24, 2.45) is 0 Å². The fourth-order valence-electron chi connectivity index (χ4n) is 3.72. The van der Waals surface area contributed by atoms with Gasteiger partial charge in [0.1, 0.15) is 18.9 Å². The maximum atomic E-state index is 12.7. The topological polar surface area (TPSA) is 129 Å². The number of ether oxygens (including phenoxy) is 2. The van der Waals surface area contributed by atoms with E-state index >= 15 is 0 Å². The number of nitro benzene ring substituents is 1. The van der Waals surface area contributed by atoms with E-state index in [-0.39, 0.29) is 23.3 Å². The normalized spacial score (nSPS) is 12.6. The summed E-state index contributed by atoms with van der Waals surface area (Å²) in [5, 5.41) is 11.2. The number of fused-ring (bicyclic) bond motifs is 2. The number of H-pyrrole nitrogens is 1. The van der Waals surface area contributed by atoms with Crippen LogP contribution in [0, 0.1) is 10.1 Å². The van der Waals surface area contributed by atoms with Gasteiger partial charge in [-0.15, -0.1) is 0 Å². The first kappa shape index (κ1) is 19.5. The maximum Gasteiger partial charge on any atom is 0.330 e. The highest BCUT2D eigenvalue weighted by Crippen LogP contribution is 2.31. The van der Waals surface area contributed by atoms with Crippen LogP contribution < -0.4 is 20.7 Å². The highest BCUT2D eigenvalue weighted by molar-refractivity contribution is 5.92. The first-order chi connectivity index (χ1) is 15.5. The molecule has 2 aromatic carbocycles. The van der Waals surface area contributed by atoms with E-state index in [2.05, 4.69) is 9.97 Å². The number of aromatic amines is 1. The molecule has 2 aromatic heterocycles. The molecule has 0 saturated carbocycles. The van der Waals surface area contributed by atoms with Gasteiger partial charge in [-0.25, -0.2) is 9.78 Å². The lowest BCUT2D eigenvalue weighted by Gasteiger charge is -2.19. The van der Waals surface area contributed by atoms with Gasteiger partial charge >= 0.3 is 5.69 Å². The first-order valence-electron chi connectivity index (χ1n) is 9.76. The summed E-state index contributed by atoms with van der Waals surface area (Å²) in [6, 6.07) is 12.9. The zero-order chi connectivity index (χ0) is 22.2. The lowest BCUT2D eigenvalue weighted by molar-refractivity contribution is -0.384. The second-order valence-corrected chi connectivity index (χ2v) is 7.18.